The van der Waals surface area contributed by atoms with E-state index >= 15 is 0 Å². The molecule has 2 rings (SSSR count). The Hall–Kier alpha value is -1.91. The number of nitrogens with one attached hydrogen (secondary N) is 1. The van der Waals surface area contributed by atoms with Gasteiger partial charge in [0.1, 0.15) is 5.82 Å². The van der Waals surface area contributed by atoms with Crippen molar-refractivity contribution in [3.8, 4) is 0 Å². The fourth-order valence-corrected chi connectivity index (χ4v) is 2.06. The monoisotopic (exact) mass is 265 g/mol. The van der Waals surface area contributed by atoms with Crippen LogP contribution in [-0.2, 0) is 19.7 Å². The van der Waals surface area contributed by atoms with Crippen molar-refractivity contribution in [2.45, 2.75) is 25.2 Å². The fraction of sp³-hybridized carbons (Fsp3) is 0.429. The Morgan fingerprint density at radius 3 is 2.74 bits per heavy atom. The van der Waals surface area contributed by atoms with Gasteiger partial charge in [0.05, 0.1) is 6.61 Å². The first-order valence-electron chi connectivity index (χ1n) is 6.28. The number of carbonyl (C=O) groups excluding carboxylic acids is 2. The van der Waals surface area contributed by atoms with E-state index in [1.54, 1.807) is 13.0 Å². The molecule has 0 radical (unpaired) electrons. The van der Waals surface area contributed by atoms with E-state index in [2.05, 4.69) is 10.1 Å². The molecule has 0 heterocycles. The Kier molecular flexibility index (Phi) is 3.83. The van der Waals surface area contributed by atoms with Crippen LogP contribution in [0.25, 0.3) is 0 Å². The molecule has 0 bridgehead atoms. The lowest BCUT2D eigenvalue weighted by Crippen LogP contribution is -2.37. The van der Waals surface area contributed by atoms with Crippen LogP contribution in [0.15, 0.2) is 24.3 Å². The van der Waals surface area contributed by atoms with Gasteiger partial charge in [0, 0.05) is 12.0 Å². The molecule has 0 saturated heterocycles. The number of esters is 1. The molecule has 0 atom stereocenters. The minimum Gasteiger partial charge on any atom is -0.459 e. The summed E-state index contributed by atoms with van der Waals surface area (Å²) < 4.78 is 17.8. The van der Waals surface area contributed by atoms with Crippen LogP contribution in [0.2, 0.25) is 0 Å². The zero-order valence-electron chi connectivity index (χ0n) is 10.7. The highest BCUT2D eigenvalue weighted by Crippen LogP contribution is 2.47. The lowest BCUT2D eigenvalue weighted by molar-refractivity contribution is -0.154. The zero-order chi connectivity index (χ0) is 13.9. The van der Waals surface area contributed by atoms with Crippen molar-refractivity contribution >= 4 is 11.9 Å². The highest BCUT2D eigenvalue weighted by atomic mass is 19.1. The standard InChI is InChI=1S/C14H16FNO3/c1-2-19-13(18)12(17)16-9-14(6-7-14)10-4-3-5-11(15)8-10/h3-5,8H,2,6-7,9H2,1H3,(H,16,17). The molecule has 0 aliphatic heterocycles. The molecule has 1 amide bonds. The van der Waals surface area contributed by atoms with Crippen LogP contribution in [0.3, 0.4) is 0 Å². The van der Waals surface area contributed by atoms with Gasteiger partial charge in [-0.2, -0.15) is 0 Å². The van der Waals surface area contributed by atoms with Gasteiger partial charge in [-0.05, 0) is 37.5 Å². The zero-order valence-corrected chi connectivity index (χ0v) is 10.7. The van der Waals surface area contributed by atoms with Gasteiger partial charge in [-0.1, -0.05) is 12.1 Å². The number of ether oxygens (including phenoxy) is 1. The van der Waals surface area contributed by atoms with Crippen LogP contribution >= 0.6 is 0 Å². The summed E-state index contributed by atoms with van der Waals surface area (Å²) in [5, 5.41) is 2.55. The van der Waals surface area contributed by atoms with Crippen LogP contribution < -0.4 is 5.32 Å². The van der Waals surface area contributed by atoms with Crippen molar-refractivity contribution in [3.63, 3.8) is 0 Å². The summed E-state index contributed by atoms with van der Waals surface area (Å²) in [5.74, 6) is -1.91. The maximum absolute atomic E-state index is 13.2. The van der Waals surface area contributed by atoms with Crippen LogP contribution in [-0.4, -0.2) is 25.0 Å². The number of halogens is 1. The third-order valence-corrected chi connectivity index (χ3v) is 3.34. The third-order valence-electron chi connectivity index (χ3n) is 3.34. The molecule has 1 saturated carbocycles. The van der Waals surface area contributed by atoms with Gasteiger partial charge in [0.15, 0.2) is 0 Å². The molecule has 1 aliphatic rings. The second-order valence-corrected chi connectivity index (χ2v) is 4.69. The minimum absolute atomic E-state index is 0.168. The molecule has 1 aromatic rings. The van der Waals surface area contributed by atoms with E-state index in [1.807, 2.05) is 6.07 Å². The lowest BCUT2D eigenvalue weighted by atomic mass is 9.96. The summed E-state index contributed by atoms with van der Waals surface area (Å²) in [4.78, 5) is 22.6. The molecule has 1 aromatic carbocycles. The normalized spacial score (nSPS) is 15.7. The summed E-state index contributed by atoms with van der Waals surface area (Å²) in [6, 6.07) is 6.35. The maximum Gasteiger partial charge on any atom is 0.396 e. The molecular weight excluding hydrogens is 249 g/mol. The average Bonchev–Trinajstić information content (AvgIpc) is 3.17. The molecule has 102 valence electrons. The van der Waals surface area contributed by atoms with Crippen molar-refractivity contribution in [2.24, 2.45) is 0 Å². The Morgan fingerprint density at radius 1 is 1.42 bits per heavy atom. The van der Waals surface area contributed by atoms with Gasteiger partial charge in [0.25, 0.3) is 0 Å². The second kappa shape index (κ2) is 5.38. The summed E-state index contributed by atoms with van der Waals surface area (Å²) in [6.07, 6.45) is 1.75. The lowest BCUT2D eigenvalue weighted by Gasteiger charge is -2.16. The van der Waals surface area contributed by atoms with Crippen molar-refractivity contribution in [1.82, 2.24) is 5.32 Å². The molecule has 5 heteroatoms. The number of benzene rings is 1. The van der Waals surface area contributed by atoms with E-state index < -0.39 is 11.9 Å². The molecule has 0 aromatic heterocycles. The maximum atomic E-state index is 13.2. The van der Waals surface area contributed by atoms with Crippen molar-refractivity contribution in [3.05, 3.63) is 35.6 Å². The Balaban J connectivity index is 1.96. The highest BCUT2D eigenvalue weighted by molar-refractivity contribution is 6.32. The van der Waals surface area contributed by atoms with Crippen LogP contribution in [0.4, 0.5) is 4.39 Å². The predicted molar refractivity (Wildman–Crippen MR) is 67.0 cm³/mol. The summed E-state index contributed by atoms with van der Waals surface area (Å²) in [7, 11) is 0. The largest absolute Gasteiger partial charge is 0.459 e. The fourth-order valence-electron chi connectivity index (χ4n) is 2.06. The number of hydrogen-bond acceptors (Lipinski definition) is 3. The van der Waals surface area contributed by atoms with Crippen LogP contribution in [0.1, 0.15) is 25.3 Å². The quantitative estimate of drug-likeness (QED) is 0.663. The molecular formula is C14H16FNO3. The smallest absolute Gasteiger partial charge is 0.396 e. The molecule has 1 N–H and O–H groups in total. The van der Waals surface area contributed by atoms with Crippen molar-refractivity contribution in [2.75, 3.05) is 13.2 Å². The molecule has 0 spiro atoms. The Labute approximate surface area is 110 Å². The first kappa shape index (κ1) is 13.5. The van der Waals surface area contributed by atoms with Crippen LogP contribution in [0.5, 0.6) is 0 Å². The highest BCUT2D eigenvalue weighted by Gasteiger charge is 2.44. The number of amides is 1. The number of carbonyl (C=O) groups is 2. The van der Waals surface area contributed by atoms with E-state index in [4.69, 9.17) is 0 Å². The summed E-state index contributed by atoms with van der Waals surface area (Å²) in [6.45, 7) is 2.13. The first-order chi connectivity index (χ1) is 9.07. The van der Waals surface area contributed by atoms with Gasteiger partial charge >= 0.3 is 11.9 Å². The van der Waals surface area contributed by atoms with E-state index in [1.165, 1.54) is 12.1 Å². The number of rotatable bonds is 4. The van der Waals surface area contributed by atoms with Gasteiger partial charge in [-0.15, -0.1) is 0 Å². The molecule has 19 heavy (non-hydrogen) atoms. The SMILES string of the molecule is CCOC(=O)C(=O)NCC1(c2cccc(F)c2)CC1. The average molecular weight is 265 g/mol. The molecule has 1 aliphatic carbocycles. The molecule has 4 nitrogen and oxygen atoms in total. The summed E-state index contributed by atoms with van der Waals surface area (Å²) in [5.41, 5.74) is 0.626. The number of hydrogen-bond donors (Lipinski definition) is 1. The van der Waals surface area contributed by atoms with Crippen molar-refractivity contribution < 1.29 is 18.7 Å². The van der Waals surface area contributed by atoms with E-state index in [0.717, 1.165) is 18.4 Å². The second-order valence-electron chi connectivity index (χ2n) is 4.69. The topological polar surface area (TPSA) is 55.4 Å². The molecule has 0 unspecified atom stereocenters. The Morgan fingerprint density at radius 2 is 2.16 bits per heavy atom. The van der Waals surface area contributed by atoms with Gasteiger partial charge < -0.3 is 10.1 Å². The van der Waals surface area contributed by atoms with Gasteiger partial charge in [-0.3, -0.25) is 4.79 Å². The third kappa shape index (κ3) is 3.10. The Bertz CT molecular complexity index is 497. The van der Waals surface area contributed by atoms with Gasteiger partial charge in [-0.25, -0.2) is 9.18 Å². The van der Waals surface area contributed by atoms with Crippen molar-refractivity contribution in [1.29, 1.82) is 0 Å². The van der Waals surface area contributed by atoms with E-state index in [0.29, 0.717) is 6.54 Å². The predicted octanol–water partition coefficient (Wildman–Crippen LogP) is 1.54. The van der Waals surface area contributed by atoms with Crippen LogP contribution in [0, 0.1) is 5.82 Å². The minimum atomic E-state index is -0.877. The van der Waals surface area contributed by atoms with E-state index in [-0.39, 0.29) is 17.8 Å². The van der Waals surface area contributed by atoms with E-state index in [9.17, 15) is 14.0 Å². The summed E-state index contributed by atoms with van der Waals surface area (Å²) >= 11 is 0. The molecule has 1 fully saturated rings. The van der Waals surface area contributed by atoms with Gasteiger partial charge in [0.2, 0.25) is 0 Å². The first-order valence-corrected chi connectivity index (χ1v) is 6.28.